The Morgan fingerprint density at radius 1 is 1.07 bits per heavy atom. The van der Waals surface area contributed by atoms with Crippen molar-refractivity contribution in [1.29, 1.82) is 0 Å². The second-order valence-corrected chi connectivity index (χ2v) is 7.69. The third-order valence-electron chi connectivity index (χ3n) is 4.30. The zero-order valence-electron chi connectivity index (χ0n) is 15.9. The number of hydrogen-bond donors (Lipinski definition) is 3. The van der Waals surface area contributed by atoms with E-state index in [1.807, 2.05) is 37.4 Å². The van der Waals surface area contributed by atoms with E-state index in [0.717, 1.165) is 16.3 Å². The van der Waals surface area contributed by atoms with Crippen molar-refractivity contribution in [2.45, 2.75) is 11.8 Å². The number of thioether (sulfide) groups is 1. The largest absolute Gasteiger partial charge is 0.354 e. The van der Waals surface area contributed by atoms with Gasteiger partial charge in [0.05, 0.1) is 17.1 Å². The van der Waals surface area contributed by atoms with E-state index in [4.69, 9.17) is 11.6 Å². The number of fused-ring (bicyclic) bond motifs is 1. The van der Waals surface area contributed by atoms with Gasteiger partial charge in [0.25, 0.3) is 5.56 Å². The van der Waals surface area contributed by atoms with E-state index in [1.54, 1.807) is 30.9 Å². The fourth-order valence-corrected chi connectivity index (χ4v) is 3.71. The van der Waals surface area contributed by atoms with Crippen LogP contribution in [0.1, 0.15) is 5.69 Å². The molecular formula is C19H18ClN7OS. The van der Waals surface area contributed by atoms with Gasteiger partial charge in [0, 0.05) is 23.0 Å². The number of hydrogen-bond acceptors (Lipinski definition) is 7. The lowest BCUT2D eigenvalue weighted by atomic mass is 10.2. The topological polar surface area (TPSA) is 101 Å². The van der Waals surface area contributed by atoms with Gasteiger partial charge in [-0.3, -0.25) is 14.6 Å². The number of aryl methyl sites for hydroxylation is 2. The molecule has 4 rings (SSSR count). The predicted octanol–water partition coefficient (Wildman–Crippen LogP) is 4.22. The highest BCUT2D eigenvalue weighted by Gasteiger charge is 2.15. The number of halogens is 1. The molecule has 3 aromatic heterocycles. The molecule has 8 nitrogen and oxygen atoms in total. The summed E-state index contributed by atoms with van der Waals surface area (Å²) < 4.78 is 1.40. The van der Waals surface area contributed by atoms with Gasteiger partial charge in [-0.1, -0.05) is 11.6 Å². The number of H-pyrrole nitrogens is 1. The van der Waals surface area contributed by atoms with Gasteiger partial charge < -0.3 is 10.6 Å². The first-order valence-electron chi connectivity index (χ1n) is 8.72. The van der Waals surface area contributed by atoms with E-state index in [0.29, 0.717) is 33.4 Å². The Morgan fingerprint density at radius 3 is 2.62 bits per heavy atom. The molecule has 3 heterocycles. The maximum atomic E-state index is 12.6. The number of benzene rings is 1. The molecule has 148 valence electrons. The zero-order valence-corrected chi connectivity index (χ0v) is 17.5. The van der Waals surface area contributed by atoms with Crippen molar-refractivity contribution in [2.75, 3.05) is 16.9 Å². The van der Waals surface area contributed by atoms with Crippen LogP contribution in [0.3, 0.4) is 0 Å². The van der Waals surface area contributed by atoms with E-state index < -0.39 is 0 Å². The van der Waals surface area contributed by atoms with Crippen molar-refractivity contribution >= 4 is 57.4 Å². The highest BCUT2D eigenvalue weighted by Crippen LogP contribution is 2.33. The summed E-state index contributed by atoms with van der Waals surface area (Å²) in [5.74, 6) is 1.09. The highest BCUT2D eigenvalue weighted by atomic mass is 35.5. The molecular weight excluding hydrogens is 410 g/mol. The molecule has 0 aliphatic carbocycles. The number of anilines is 4. The molecule has 0 saturated carbocycles. The number of rotatable bonds is 5. The number of nitrogens with zero attached hydrogens (tertiary/aromatic N) is 4. The summed E-state index contributed by atoms with van der Waals surface area (Å²) in [5.41, 5.74) is 2.58. The molecule has 0 aliphatic rings. The molecule has 29 heavy (non-hydrogen) atoms. The molecule has 4 aromatic rings. The standard InChI is InChI=1S/C19H18ClN7OS/c1-10-4-7-15(25-24-10)22-16-9-13(17-18(23-16)26-27(2)19(17)28)21-12-6-5-11(20)8-14(12)29-3/h4-9H,1-3H3,(H3,21,22,23,25,26). The van der Waals surface area contributed by atoms with Gasteiger partial charge >= 0.3 is 0 Å². The van der Waals surface area contributed by atoms with Crippen LogP contribution in [0.5, 0.6) is 0 Å². The molecule has 0 bridgehead atoms. The van der Waals surface area contributed by atoms with Crippen LogP contribution in [0.2, 0.25) is 5.02 Å². The van der Waals surface area contributed by atoms with Crippen LogP contribution in [0, 0.1) is 6.92 Å². The Labute approximate surface area is 175 Å². The summed E-state index contributed by atoms with van der Waals surface area (Å²) in [6.45, 7) is 1.87. The maximum absolute atomic E-state index is 12.6. The molecule has 0 atom stereocenters. The quantitative estimate of drug-likeness (QED) is 0.410. The van der Waals surface area contributed by atoms with Crippen LogP contribution in [-0.4, -0.2) is 31.2 Å². The maximum Gasteiger partial charge on any atom is 0.277 e. The number of aromatic amines is 1. The summed E-state index contributed by atoms with van der Waals surface area (Å²) >= 11 is 7.68. The third kappa shape index (κ3) is 3.92. The number of aromatic nitrogens is 5. The minimum absolute atomic E-state index is 0.170. The normalized spacial score (nSPS) is 11.0. The molecule has 0 radical (unpaired) electrons. The highest BCUT2D eigenvalue weighted by molar-refractivity contribution is 7.98. The SMILES string of the molecule is CSc1cc(Cl)ccc1Nc1cc(Nc2ccc(C)nn2)nc2[nH]n(C)c(=O)c12. The van der Waals surface area contributed by atoms with Crippen molar-refractivity contribution in [3.8, 4) is 0 Å². The first kappa shape index (κ1) is 19.3. The number of pyridine rings is 1. The smallest absolute Gasteiger partial charge is 0.277 e. The van der Waals surface area contributed by atoms with Gasteiger partial charge in [0.1, 0.15) is 11.2 Å². The average Bonchev–Trinajstić information content (AvgIpc) is 2.99. The Kier molecular flexibility index (Phi) is 5.16. The van der Waals surface area contributed by atoms with Crippen LogP contribution in [0.15, 0.2) is 46.1 Å². The summed E-state index contributed by atoms with van der Waals surface area (Å²) in [7, 11) is 1.65. The Balaban J connectivity index is 1.81. The van der Waals surface area contributed by atoms with Gasteiger partial charge in [0.15, 0.2) is 11.5 Å². The van der Waals surface area contributed by atoms with Gasteiger partial charge in [0.2, 0.25) is 0 Å². The van der Waals surface area contributed by atoms with Crippen molar-refractivity contribution < 1.29 is 0 Å². The molecule has 0 unspecified atom stereocenters. The summed E-state index contributed by atoms with van der Waals surface area (Å²) in [5, 5.41) is 18.7. The second kappa shape index (κ2) is 7.76. The van der Waals surface area contributed by atoms with E-state index in [1.165, 1.54) is 4.68 Å². The summed E-state index contributed by atoms with van der Waals surface area (Å²) in [6.07, 6.45) is 1.97. The fourth-order valence-electron chi connectivity index (χ4n) is 2.89. The second-order valence-electron chi connectivity index (χ2n) is 6.41. The fraction of sp³-hybridized carbons (Fsp3) is 0.158. The zero-order chi connectivity index (χ0) is 20.5. The molecule has 0 spiro atoms. The van der Waals surface area contributed by atoms with Crippen LogP contribution in [0.4, 0.5) is 23.0 Å². The third-order valence-corrected chi connectivity index (χ3v) is 5.31. The van der Waals surface area contributed by atoms with Crippen LogP contribution in [0.25, 0.3) is 11.0 Å². The Hall–Kier alpha value is -3.04. The van der Waals surface area contributed by atoms with E-state index in [2.05, 4.69) is 30.9 Å². The van der Waals surface area contributed by atoms with E-state index in [-0.39, 0.29) is 5.56 Å². The molecule has 0 fully saturated rings. The van der Waals surface area contributed by atoms with Crippen molar-refractivity contribution in [1.82, 2.24) is 25.0 Å². The first-order valence-corrected chi connectivity index (χ1v) is 10.3. The minimum atomic E-state index is -0.170. The Morgan fingerprint density at radius 2 is 1.90 bits per heavy atom. The van der Waals surface area contributed by atoms with Crippen LogP contribution >= 0.6 is 23.4 Å². The summed E-state index contributed by atoms with van der Waals surface area (Å²) in [4.78, 5) is 18.1. The van der Waals surface area contributed by atoms with Gasteiger partial charge in [-0.15, -0.1) is 16.9 Å². The van der Waals surface area contributed by atoms with Crippen molar-refractivity contribution in [3.05, 3.63) is 57.5 Å². The first-order chi connectivity index (χ1) is 13.9. The lowest BCUT2D eigenvalue weighted by Crippen LogP contribution is -2.12. The minimum Gasteiger partial charge on any atom is -0.354 e. The molecule has 0 aliphatic heterocycles. The molecule has 1 aromatic carbocycles. The van der Waals surface area contributed by atoms with Crippen molar-refractivity contribution in [2.24, 2.45) is 7.05 Å². The lowest BCUT2D eigenvalue weighted by molar-refractivity contribution is 0.748. The van der Waals surface area contributed by atoms with Crippen molar-refractivity contribution in [3.63, 3.8) is 0 Å². The molecule has 0 amide bonds. The molecule has 3 N–H and O–H groups in total. The van der Waals surface area contributed by atoms with Crippen LogP contribution in [-0.2, 0) is 7.05 Å². The van der Waals surface area contributed by atoms with Gasteiger partial charge in [-0.2, -0.15) is 5.10 Å². The average molecular weight is 428 g/mol. The monoisotopic (exact) mass is 427 g/mol. The number of nitrogens with one attached hydrogen (secondary N) is 3. The van der Waals surface area contributed by atoms with E-state index in [9.17, 15) is 4.79 Å². The van der Waals surface area contributed by atoms with Crippen LogP contribution < -0.4 is 16.2 Å². The van der Waals surface area contributed by atoms with Gasteiger partial charge in [-0.25, -0.2) is 4.98 Å². The summed E-state index contributed by atoms with van der Waals surface area (Å²) in [6, 6.07) is 11.0. The van der Waals surface area contributed by atoms with E-state index >= 15 is 0 Å². The Bertz CT molecular complexity index is 1250. The molecule has 10 heteroatoms. The van der Waals surface area contributed by atoms with Gasteiger partial charge in [-0.05, 0) is 43.5 Å². The predicted molar refractivity (Wildman–Crippen MR) is 118 cm³/mol. The molecule has 0 saturated heterocycles. The lowest BCUT2D eigenvalue weighted by Gasteiger charge is -2.13.